The van der Waals surface area contributed by atoms with E-state index in [-0.39, 0.29) is 0 Å². The van der Waals surface area contributed by atoms with E-state index in [4.69, 9.17) is 0 Å². The highest BCUT2D eigenvalue weighted by Gasteiger charge is 2.17. The predicted octanol–water partition coefficient (Wildman–Crippen LogP) is 3.16. The van der Waals surface area contributed by atoms with E-state index in [1.165, 1.54) is 31.3 Å². The first-order chi connectivity index (χ1) is 5.88. The van der Waals surface area contributed by atoms with Crippen LogP contribution >= 0.6 is 0 Å². The number of hydrogen-bond acceptors (Lipinski definition) is 0. The van der Waals surface area contributed by atoms with Crippen molar-refractivity contribution in [3.8, 4) is 0 Å². The summed E-state index contributed by atoms with van der Waals surface area (Å²) in [7, 11) is 0. The van der Waals surface area contributed by atoms with Crippen molar-refractivity contribution >= 4 is 0 Å². The minimum Gasteiger partial charge on any atom is -0.347 e. The molecule has 2 rings (SSSR count). The Morgan fingerprint density at radius 1 is 1.25 bits per heavy atom. The van der Waals surface area contributed by atoms with Crippen LogP contribution in [0.5, 0.6) is 0 Å². The minimum absolute atomic E-state index is 0.578. The van der Waals surface area contributed by atoms with Crippen LogP contribution in [0.2, 0.25) is 0 Å². The van der Waals surface area contributed by atoms with Gasteiger partial charge in [-0.3, -0.25) is 0 Å². The van der Waals surface area contributed by atoms with Gasteiger partial charge in [-0.05, 0) is 31.4 Å². The Bertz CT molecular complexity index is 259. The van der Waals surface area contributed by atoms with E-state index < -0.39 is 0 Å². The molecule has 1 fully saturated rings. The van der Waals surface area contributed by atoms with Crippen molar-refractivity contribution in [1.29, 1.82) is 0 Å². The number of aromatic nitrogens is 1. The van der Waals surface area contributed by atoms with E-state index in [1.807, 2.05) is 0 Å². The molecule has 1 aromatic rings. The Labute approximate surface area is 73.7 Å². The number of rotatable bonds is 1. The maximum Gasteiger partial charge on any atom is 0.0537 e. The molecule has 1 aromatic heterocycles. The van der Waals surface area contributed by atoms with Gasteiger partial charge >= 0.3 is 0 Å². The first kappa shape index (κ1) is 7.66. The lowest BCUT2D eigenvalue weighted by molar-refractivity contribution is 0.443. The molecule has 0 bridgehead atoms. The monoisotopic (exact) mass is 161 g/mol. The molecule has 1 aliphatic rings. The molecule has 0 aromatic carbocycles. The molecule has 1 atom stereocenters. The van der Waals surface area contributed by atoms with Crippen LogP contribution in [0.15, 0.2) is 36.7 Å². The third-order valence-corrected chi connectivity index (χ3v) is 2.68. The normalized spacial score (nSPS) is 24.3. The fraction of sp³-hybridized carbons (Fsp3) is 0.455. The van der Waals surface area contributed by atoms with Gasteiger partial charge in [-0.2, -0.15) is 0 Å². The third-order valence-electron chi connectivity index (χ3n) is 2.68. The molecule has 1 unspecified atom stereocenters. The summed E-state index contributed by atoms with van der Waals surface area (Å²) in [4.78, 5) is 0. The summed E-state index contributed by atoms with van der Waals surface area (Å²) >= 11 is 0. The van der Waals surface area contributed by atoms with Gasteiger partial charge in [0.2, 0.25) is 0 Å². The zero-order valence-corrected chi connectivity index (χ0v) is 7.37. The summed E-state index contributed by atoms with van der Waals surface area (Å²) in [5, 5.41) is 0. The van der Waals surface area contributed by atoms with Crippen LogP contribution in [-0.4, -0.2) is 4.57 Å². The minimum atomic E-state index is 0.578. The van der Waals surface area contributed by atoms with Crippen LogP contribution in [-0.2, 0) is 0 Å². The summed E-state index contributed by atoms with van der Waals surface area (Å²) in [6, 6.07) is 4.75. The maximum absolute atomic E-state index is 4.13. The van der Waals surface area contributed by atoms with Crippen molar-refractivity contribution in [2.24, 2.45) is 0 Å². The van der Waals surface area contributed by atoms with E-state index in [0.29, 0.717) is 6.04 Å². The molecule has 64 valence electrons. The van der Waals surface area contributed by atoms with Gasteiger partial charge in [0, 0.05) is 12.4 Å². The zero-order chi connectivity index (χ0) is 8.39. The molecule has 1 aliphatic carbocycles. The average molecular weight is 161 g/mol. The van der Waals surface area contributed by atoms with E-state index in [9.17, 15) is 0 Å². The molecule has 0 saturated heterocycles. The molecule has 0 spiro atoms. The SMILES string of the molecule is C=C1CCCCC1n1cccc1. The van der Waals surface area contributed by atoms with E-state index in [1.54, 1.807) is 0 Å². The van der Waals surface area contributed by atoms with Crippen LogP contribution in [0.3, 0.4) is 0 Å². The molecular formula is C11H15N. The van der Waals surface area contributed by atoms with Gasteiger partial charge in [-0.15, -0.1) is 0 Å². The third kappa shape index (κ3) is 1.31. The summed E-state index contributed by atoms with van der Waals surface area (Å²) in [5.41, 5.74) is 1.40. The standard InChI is InChI=1S/C11H15N/c1-10-6-2-3-7-11(10)12-8-4-5-9-12/h4-5,8-9,11H,1-3,6-7H2. The van der Waals surface area contributed by atoms with Crippen LogP contribution < -0.4 is 0 Å². The molecule has 1 heteroatoms. The van der Waals surface area contributed by atoms with Crippen molar-refractivity contribution in [2.45, 2.75) is 31.7 Å². The molecule has 0 aliphatic heterocycles. The van der Waals surface area contributed by atoms with Crippen LogP contribution in [0.25, 0.3) is 0 Å². The largest absolute Gasteiger partial charge is 0.347 e. The van der Waals surface area contributed by atoms with E-state index in [0.717, 1.165) is 0 Å². The van der Waals surface area contributed by atoms with Gasteiger partial charge in [0.25, 0.3) is 0 Å². The topological polar surface area (TPSA) is 4.93 Å². The van der Waals surface area contributed by atoms with Crippen LogP contribution in [0.1, 0.15) is 31.7 Å². The van der Waals surface area contributed by atoms with Gasteiger partial charge in [-0.1, -0.05) is 18.6 Å². The second-order valence-corrected chi connectivity index (χ2v) is 3.55. The summed E-state index contributed by atoms with van der Waals surface area (Å²) < 4.78 is 2.28. The Hall–Kier alpha value is -0.980. The van der Waals surface area contributed by atoms with Crippen molar-refractivity contribution in [3.63, 3.8) is 0 Å². The van der Waals surface area contributed by atoms with Crippen LogP contribution in [0, 0.1) is 0 Å². The number of allylic oxidation sites excluding steroid dienone is 1. The predicted molar refractivity (Wildman–Crippen MR) is 51.1 cm³/mol. The fourth-order valence-corrected chi connectivity index (χ4v) is 1.98. The van der Waals surface area contributed by atoms with Gasteiger partial charge in [0.05, 0.1) is 6.04 Å². The Kier molecular flexibility index (Phi) is 2.03. The lowest BCUT2D eigenvalue weighted by Gasteiger charge is -2.25. The van der Waals surface area contributed by atoms with Crippen molar-refractivity contribution in [2.75, 3.05) is 0 Å². The first-order valence-corrected chi connectivity index (χ1v) is 4.68. The molecule has 1 nitrogen and oxygen atoms in total. The smallest absolute Gasteiger partial charge is 0.0537 e. The Balaban J connectivity index is 2.17. The highest BCUT2D eigenvalue weighted by atomic mass is 15.0. The summed E-state index contributed by atoms with van der Waals surface area (Å²) in [6.07, 6.45) is 9.44. The first-order valence-electron chi connectivity index (χ1n) is 4.68. The average Bonchev–Trinajstić information content (AvgIpc) is 2.57. The zero-order valence-electron chi connectivity index (χ0n) is 7.37. The van der Waals surface area contributed by atoms with E-state index in [2.05, 4.69) is 35.7 Å². The van der Waals surface area contributed by atoms with Crippen molar-refractivity contribution < 1.29 is 0 Å². The molecule has 12 heavy (non-hydrogen) atoms. The maximum atomic E-state index is 4.13. The Morgan fingerprint density at radius 2 is 2.00 bits per heavy atom. The van der Waals surface area contributed by atoms with E-state index >= 15 is 0 Å². The Morgan fingerprint density at radius 3 is 2.67 bits per heavy atom. The lowest BCUT2D eigenvalue weighted by Crippen LogP contribution is -2.13. The van der Waals surface area contributed by atoms with Gasteiger partial charge < -0.3 is 4.57 Å². The van der Waals surface area contributed by atoms with Gasteiger partial charge in [0.15, 0.2) is 0 Å². The highest BCUT2D eigenvalue weighted by molar-refractivity contribution is 5.09. The highest BCUT2D eigenvalue weighted by Crippen LogP contribution is 2.31. The number of nitrogens with zero attached hydrogens (tertiary/aromatic N) is 1. The van der Waals surface area contributed by atoms with Crippen molar-refractivity contribution in [1.82, 2.24) is 4.57 Å². The summed E-state index contributed by atoms with van der Waals surface area (Å²) in [6.45, 7) is 4.13. The molecular weight excluding hydrogens is 146 g/mol. The van der Waals surface area contributed by atoms with Gasteiger partial charge in [0.1, 0.15) is 0 Å². The lowest BCUT2D eigenvalue weighted by atomic mass is 9.91. The summed E-state index contributed by atoms with van der Waals surface area (Å²) in [5.74, 6) is 0. The number of hydrogen-bond donors (Lipinski definition) is 0. The molecule has 0 radical (unpaired) electrons. The molecule has 0 N–H and O–H groups in total. The molecule has 0 amide bonds. The van der Waals surface area contributed by atoms with Gasteiger partial charge in [-0.25, -0.2) is 0 Å². The second kappa shape index (κ2) is 3.18. The van der Waals surface area contributed by atoms with Crippen molar-refractivity contribution in [3.05, 3.63) is 36.7 Å². The molecule has 1 heterocycles. The fourth-order valence-electron chi connectivity index (χ4n) is 1.98. The van der Waals surface area contributed by atoms with Crippen LogP contribution in [0.4, 0.5) is 0 Å². The second-order valence-electron chi connectivity index (χ2n) is 3.55. The quantitative estimate of drug-likeness (QED) is 0.557. The molecule has 1 saturated carbocycles.